The first-order valence-corrected chi connectivity index (χ1v) is 1.94. The molecule has 0 spiro atoms. The van der Waals surface area contributed by atoms with E-state index < -0.39 is 0 Å². The number of hydrogen-bond donors (Lipinski definition) is 1. The first-order chi connectivity index (χ1) is 3.93. The zero-order chi connectivity index (χ0) is 5.82. The highest BCUT2D eigenvalue weighted by Gasteiger charge is 1.85. The van der Waals surface area contributed by atoms with Crippen LogP contribution in [0, 0.1) is 0 Å². The molecule has 0 aliphatic heterocycles. The fraction of sp³-hybridized carbons (Fsp3) is 0. The van der Waals surface area contributed by atoms with Crippen molar-refractivity contribution in [3.63, 3.8) is 0 Å². The van der Waals surface area contributed by atoms with Crippen molar-refractivity contribution in [2.24, 2.45) is 0 Å². The van der Waals surface area contributed by atoms with Crippen LogP contribution in [-0.4, -0.2) is 15.4 Å². The highest BCUT2D eigenvalue weighted by atomic mass is 19.2. The summed E-state index contributed by atoms with van der Waals surface area (Å²) in [4.78, 5) is 0. The summed E-state index contributed by atoms with van der Waals surface area (Å²) in [7, 11) is 0. The minimum absolute atomic E-state index is 0.0694. The Morgan fingerprint density at radius 2 is 2.50 bits per heavy atom. The summed E-state index contributed by atoms with van der Waals surface area (Å²) in [6.07, 6.45) is 1.34. The van der Waals surface area contributed by atoms with Gasteiger partial charge in [0.15, 0.2) is 5.82 Å². The van der Waals surface area contributed by atoms with Crippen molar-refractivity contribution in [2.45, 2.75) is 0 Å². The first-order valence-electron chi connectivity index (χ1n) is 1.94. The van der Waals surface area contributed by atoms with Gasteiger partial charge in [0.1, 0.15) is 0 Å². The lowest BCUT2D eigenvalue weighted by Crippen LogP contribution is -1.90. The van der Waals surface area contributed by atoms with Gasteiger partial charge in [0.25, 0.3) is 0 Å². The quantitative estimate of drug-likeness (QED) is 0.528. The molecule has 0 fully saturated rings. The van der Waals surface area contributed by atoms with Crippen LogP contribution in [0.3, 0.4) is 0 Å². The first kappa shape index (κ1) is 4.89. The fourth-order valence-corrected chi connectivity index (χ4v) is 0.291. The molecular formula is C3H3FN4. The van der Waals surface area contributed by atoms with Crippen LogP contribution in [0.15, 0.2) is 12.3 Å². The second-order valence-electron chi connectivity index (χ2n) is 1.10. The van der Waals surface area contributed by atoms with Crippen LogP contribution in [0.5, 0.6) is 0 Å². The molecule has 1 N–H and O–H groups in total. The molecule has 0 saturated heterocycles. The highest BCUT2D eigenvalue weighted by Crippen LogP contribution is 1.93. The van der Waals surface area contributed by atoms with E-state index in [0.29, 0.717) is 0 Å². The SMILES string of the molecule is FNc1ccnnn1. The van der Waals surface area contributed by atoms with Crippen molar-refractivity contribution >= 4 is 5.82 Å². The van der Waals surface area contributed by atoms with E-state index in [1.807, 2.05) is 0 Å². The molecule has 0 aromatic carbocycles. The monoisotopic (exact) mass is 114 g/mol. The molecule has 4 nitrogen and oxygen atoms in total. The Labute approximate surface area is 44.7 Å². The van der Waals surface area contributed by atoms with Crippen molar-refractivity contribution in [1.29, 1.82) is 0 Å². The largest absolute Gasteiger partial charge is 0.204 e. The van der Waals surface area contributed by atoms with Gasteiger partial charge in [-0.1, -0.05) is 0 Å². The second kappa shape index (κ2) is 2.15. The molecule has 0 aliphatic carbocycles. The van der Waals surface area contributed by atoms with Gasteiger partial charge in [-0.25, -0.2) is 5.54 Å². The Kier molecular flexibility index (Phi) is 1.32. The molecule has 1 aromatic heterocycles. The molecule has 1 rings (SSSR count). The topological polar surface area (TPSA) is 50.7 Å². The van der Waals surface area contributed by atoms with Gasteiger partial charge in [-0.3, -0.25) is 0 Å². The predicted molar refractivity (Wildman–Crippen MR) is 24.6 cm³/mol. The Morgan fingerprint density at radius 3 is 2.88 bits per heavy atom. The number of aromatic nitrogens is 3. The molecule has 0 amide bonds. The summed E-state index contributed by atoms with van der Waals surface area (Å²) in [6, 6.07) is 1.37. The summed E-state index contributed by atoms with van der Waals surface area (Å²) in [5.41, 5.74) is 1.31. The molecule has 0 aliphatic rings. The van der Waals surface area contributed by atoms with E-state index in [0.717, 1.165) is 0 Å². The molecule has 8 heavy (non-hydrogen) atoms. The van der Waals surface area contributed by atoms with Gasteiger partial charge in [0, 0.05) is 6.07 Å². The van der Waals surface area contributed by atoms with Crippen molar-refractivity contribution in [2.75, 3.05) is 5.54 Å². The van der Waals surface area contributed by atoms with Crippen molar-refractivity contribution in [1.82, 2.24) is 15.4 Å². The summed E-state index contributed by atoms with van der Waals surface area (Å²) >= 11 is 0. The Balaban J connectivity index is 2.83. The van der Waals surface area contributed by atoms with Crippen LogP contribution in [0.4, 0.5) is 10.3 Å². The summed E-state index contributed by atoms with van der Waals surface area (Å²) in [6.45, 7) is 0. The maximum absolute atomic E-state index is 11.3. The number of nitrogens with one attached hydrogen (secondary N) is 1. The van der Waals surface area contributed by atoms with Crippen LogP contribution in [0.25, 0.3) is 0 Å². The normalized spacial score (nSPS) is 8.62. The number of nitrogens with zero attached hydrogens (tertiary/aromatic N) is 3. The van der Waals surface area contributed by atoms with Crippen molar-refractivity contribution in [3.05, 3.63) is 12.3 Å². The minimum Gasteiger partial charge on any atom is -0.204 e. The number of hydrogen-bond acceptors (Lipinski definition) is 4. The number of halogens is 1. The minimum atomic E-state index is 0.0694. The van der Waals surface area contributed by atoms with Gasteiger partial charge < -0.3 is 0 Å². The van der Waals surface area contributed by atoms with Gasteiger partial charge in [-0.15, -0.1) is 14.7 Å². The smallest absolute Gasteiger partial charge is 0.180 e. The van der Waals surface area contributed by atoms with E-state index in [-0.39, 0.29) is 5.82 Å². The third kappa shape index (κ3) is 0.868. The standard InChI is InChI=1S/C3H3FN4/c4-6-3-1-2-5-8-7-3/h1-2H,(H,5,6,7). The van der Waals surface area contributed by atoms with E-state index in [1.54, 1.807) is 0 Å². The maximum Gasteiger partial charge on any atom is 0.180 e. The Morgan fingerprint density at radius 1 is 1.62 bits per heavy atom. The van der Waals surface area contributed by atoms with Crippen molar-refractivity contribution in [3.8, 4) is 0 Å². The molecule has 0 bridgehead atoms. The number of anilines is 1. The molecule has 0 atom stereocenters. The number of rotatable bonds is 1. The van der Waals surface area contributed by atoms with Gasteiger partial charge >= 0.3 is 0 Å². The summed E-state index contributed by atoms with van der Waals surface area (Å²) in [5, 5.41) is 9.73. The molecule has 1 aromatic rings. The summed E-state index contributed by atoms with van der Waals surface area (Å²) < 4.78 is 11.3. The average molecular weight is 114 g/mol. The van der Waals surface area contributed by atoms with Crippen molar-refractivity contribution < 1.29 is 4.48 Å². The lowest BCUT2D eigenvalue weighted by atomic mass is 10.6. The van der Waals surface area contributed by atoms with Gasteiger partial charge in [-0.2, -0.15) is 0 Å². The molecule has 5 heteroatoms. The average Bonchev–Trinajstić information content (AvgIpc) is 1.90. The van der Waals surface area contributed by atoms with Gasteiger partial charge in [0.2, 0.25) is 0 Å². The highest BCUT2D eigenvalue weighted by molar-refractivity contribution is 5.26. The van der Waals surface area contributed by atoms with Crippen LogP contribution >= 0.6 is 0 Å². The Hall–Kier alpha value is -1.26. The lowest BCUT2D eigenvalue weighted by molar-refractivity contribution is 0.605. The van der Waals surface area contributed by atoms with Gasteiger partial charge in [-0.05, 0) is 5.21 Å². The Bertz CT molecular complexity index is 153. The maximum atomic E-state index is 11.3. The second-order valence-corrected chi connectivity index (χ2v) is 1.10. The molecule has 0 radical (unpaired) electrons. The van der Waals surface area contributed by atoms with Crippen LogP contribution in [0.2, 0.25) is 0 Å². The molecule has 1 heterocycles. The molecular weight excluding hydrogens is 111 g/mol. The zero-order valence-corrected chi connectivity index (χ0v) is 3.87. The third-order valence-corrected chi connectivity index (χ3v) is 0.600. The summed E-state index contributed by atoms with van der Waals surface area (Å²) in [5.74, 6) is 0.0694. The molecule has 0 saturated carbocycles. The lowest BCUT2D eigenvalue weighted by Gasteiger charge is -1.86. The van der Waals surface area contributed by atoms with Crippen LogP contribution < -0.4 is 5.54 Å². The molecule has 0 unspecified atom stereocenters. The van der Waals surface area contributed by atoms with E-state index in [1.165, 1.54) is 17.8 Å². The van der Waals surface area contributed by atoms with Crippen LogP contribution in [-0.2, 0) is 0 Å². The fourth-order valence-electron chi connectivity index (χ4n) is 0.291. The van der Waals surface area contributed by atoms with E-state index in [2.05, 4.69) is 15.4 Å². The van der Waals surface area contributed by atoms with E-state index in [9.17, 15) is 4.48 Å². The van der Waals surface area contributed by atoms with E-state index >= 15 is 0 Å². The van der Waals surface area contributed by atoms with E-state index in [4.69, 9.17) is 0 Å². The van der Waals surface area contributed by atoms with Gasteiger partial charge in [0.05, 0.1) is 6.20 Å². The third-order valence-electron chi connectivity index (χ3n) is 0.600. The van der Waals surface area contributed by atoms with Crippen LogP contribution in [0.1, 0.15) is 0 Å². The molecule has 42 valence electrons. The predicted octanol–water partition coefficient (Wildman–Crippen LogP) is 0.168. The zero-order valence-electron chi connectivity index (χ0n) is 3.87.